The van der Waals surface area contributed by atoms with E-state index in [0.717, 1.165) is 0 Å². The maximum atomic E-state index is 11.9. The van der Waals surface area contributed by atoms with Crippen molar-refractivity contribution in [2.24, 2.45) is 0 Å². The van der Waals surface area contributed by atoms with E-state index in [2.05, 4.69) is 5.32 Å². The van der Waals surface area contributed by atoms with E-state index in [0.29, 0.717) is 6.61 Å². The Morgan fingerprint density at radius 3 is 2.43 bits per heavy atom. The van der Waals surface area contributed by atoms with Crippen LogP contribution in [-0.4, -0.2) is 39.2 Å². The van der Waals surface area contributed by atoms with Crippen LogP contribution in [0.1, 0.15) is 19.8 Å². The zero-order valence-electron chi connectivity index (χ0n) is 11.9. The fourth-order valence-corrected chi connectivity index (χ4v) is 2.86. The van der Waals surface area contributed by atoms with Crippen LogP contribution in [-0.2, 0) is 24.2 Å². The summed E-state index contributed by atoms with van der Waals surface area (Å²) in [6.07, 6.45) is -0.0644. The van der Waals surface area contributed by atoms with Crippen LogP contribution in [0.3, 0.4) is 0 Å². The summed E-state index contributed by atoms with van der Waals surface area (Å²) in [5.74, 6) is -1.06. The first-order valence-electron chi connectivity index (χ1n) is 6.66. The first-order valence-corrected chi connectivity index (χ1v) is 8.31. The number of benzene rings is 1. The van der Waals surface area contributed by atoms with Crippen molar-refractivity contribution >= 4 is 21.7 Å². The van der Waals surface area contributed by atoms with Gasteiger partial charge in [0.1, 0.15) is 0 Å². The summed E-state index contributed by atoms with van der Waals surface area (Å²) in [6, 6.07) is 7.97. The third-order valence-corrected chi connectivity index (χ3v) is 4.39. The molecule has 0 spiro atoms. The van der Waals surface area contributed by atoms with Gasteiger partial charge in [0.15, 0.2) is 9.84 Å². The minimum atomic E-state index is -3.46. The summed E-state index contributed by atoms with van der Waals surface area (Å²) in [7, 11) is -3.46. The molecule has 0 aliphatic carbocycles. The van der Waals surface area contributed by atoms with Crippen molar-refractivity contribution in [2.75, 3.05) is 18.9 Å². The highest BCUT2D eigenvalue weighted by molar-refractivity contribution is 7.91. The number of sulfone groups is 1. The number of amides is 1. The zero-order chi connectivity index (χ0) is 15.7. The molecule has 0 atom stereocenters. The molecule has 21 heavy (non-hydrogen) atoms. The number of carbonyl (C=O) groups excluding carboxylic acids is 2. The number of hydrogen-bond acceptors (Lipinski definition) is 5. The van der Waals surface area contributed by atoms with Crippen molar-refractivity contribution in [2.45, 2.75) is 24.7 Å². The molecule has 0 fully saturated rings. The van der Waals surface area contributed by atoms with E-state index in [1.54, 1.807) is 25.1 Å². The van der Waals surface area contributed by atoms with Crippen LogP contribution in [0, 0.1) is 0 Å². The topological polar surface area (TPSA) is 89.5 Å². The molecule has 1 rings (SSSR count). The summed E-state index contributed by atoms with van der Waals surface area (Å²) in [6.45, 7) is 2.13. The van der Waals surface area contributed by atoms with Crippen LogP contribution in [0.5, 0.6) is 0 Å². The highest BCUT2D eigenvalue weighted by Gasteiger charge is 2.16. The fourth-order valence-electron chi connectivity index (χ4n) is 1.60. The van der Waals surface area contributed by atoms with Crippen molar-refractivity contribution in [1.29, 1.82) is 0 Å². The Morgan fingerprint density at radius 1 is 1.14 bits per heavy atom. The number of carbonyl (C=O) groups is 2. The molecule has 0 radical (unpaired) electrons. The molecule has 0 heterocycles. The molecule has 0 aromatic heterocycles. The molecule has 6 nitrogen and oxygen atoms in total. The van der Waals surface area contributed by atoms with Crippen molar-refractivity contribution in [3.8, 4) is 0 Å². The van der Waals surface area contributed by atoms with E-state index in [9.17, 15) is 18.0 Å². The van der Waals surface area contributed by atoms with Gasteiger partial charge in [-0.1, -0.05) is 18.2 Å². The molecule has 0 unspecified atom stereocenters. The van der Waals surface area contributed by atoms with Gasteiger partial charge in [-0.25, -0.2) is 8.42 Å². The predicted octanol–water partition coefficient (Wildman–Crippen LogP) is 0.920. The van der Waals surface area contributed by atoms with Crippen LogP contribution in [0.15, 0.2) is 35.2 Å². The monoisotopic (exact) mass is 313 g/mol. The van der Waals surface area contributed by atoms with Gasteiger partial charge >= 0.3 is 5.97 Å². The normalized spacial score (nSPS) is 10.9. The third kappa shape index (κ3) is 6.40. The highest BCUT2D eigenvalue weighted by Crippen LogP contribution is 2.10. The third-order valence-electron chi connectivity index (χ3n) is 2.66. The number of nitrogens with one attached hydrogen (secondary N) is 1. The number of ether oxygens (including phenoxy) is 1. The zero-order valence-corrected chi connectivity index (χ0v) is 12.7. The van der Waals surface area contributed by atoms with E-state index >= 15 is 0 Å². The van der Waals surface area contributed by atoms with Crippen LogP contribution in [0.4, 0.5) is 0 Å². The van der Waals surface area contributed by atoms with Gasteiger partial charge in [-0.15, -0.1) is 0 Å². The quantitative estimate of drug-likeness (QED) is 0.721. The molecule has 0 aliphatic heterocycles. The maximum absolute atomic E-state index is 11.9. The van der Waals surface area contributed by atoms with Crippen molar-refractivity contribution in [3.63, 3.8) is 0 Å². The van der Waals surface area contributed by atoms with E-state index in [-0.39, 0.29) is 30.0 Å². The van der Waals surface area contributed by atoms with Crippen LogP contribution in [0.2, 0.25) is 0 Å². The molecule has 1 aromatic carbocycles. The van der Waals surface area contributed by atoms with Gasteiger partial charge < -0.3 is 10.1 Å². The highest BCUT2D eigenvalue weighted by atomic mass is 32.2. The summed E-state index contributed by atoms with van der Waals surface area (Å²) in [5.41, 5.74) is 0. The lowest BCUT2D eigenvalue weighted by Crippen LogP contribution is -2.28. The molecule has 0 aliphatic rings. The van der Waals surface area contributed by atoms with Gasteiger partial charge in [-0.05, 0) is 19.1 Å². The van der Waals surface area contributed by atoms with Crippen molar-refractivity contribution < 1.29 is 22.7 Å². The lowest BCUT2D eigenvalue weighted by Gasteiger charge is -2.06. The predicted molar refractivity (Wildman–Crippen MR) is 77.4 cm³/mol. The fraction of sp³-hybridized carbons (Fsp3) is 0.429. The van der Waals surface area contributed by atoms with Gasteiger partial charge in [0.2, 0.25) is 5.91 Å². The molecule has 1 N–H and O–H groups in total. The second-order valence-corrected chi connectivity index (χ2v) is 6.40. The average molecular weight is 313 g/mol. The second kappa shape index (κ2) is 8.41. The first-order chi connectivity index (χ1) is 9.95. The minimum absolute atomic E-state index is 0.0744. The van der Waals surface area contributed by atoms with E-state index in [4.69, 9.17) is 4.74 Å². The molecule has 0 saturated heterocycles. The van der Waals surface area contributed by atoms with Gasteiger partial charge in [-0.2, -0.15) is 0 Å². The van der Waals surface area contributed by atoms with Gasteiger partial charge in [0.25, 0.3) is 0 Å². The Hall–Kier alpha value is -1.89. The standard InChI is InChI=1S/C14H19NO5S/c1-2-20-14(17)8-10-15-13(16)9-11-21(18,19)12-6-4-3-5-7-12/h3-7H,2,8-11H2,1H3,(H,15,16). The summed E-state index contributed by atoms with van der Waals surface area (Å²) in [5, 5.41) is 2.49. The minimum Gasteiger partial charge on any atom is -0.466 e. The number of esters is 1. The van der Waals surface area contributed by atoms with E-state index in [1.165, 1.54) is 12.1 Å². The van der Waals surface area contributed by atoms with Gasteiger partial charge in [0.05, 0.1) is 23.7 Å². The molecule has 1 aromatic rings. The molecule has 116 valence electrons. The molecule has 0 saturated carbocycles. The lowest BCUT2D eigenvalue weighted by molar-refractivity contribution is -0.143. The molecular weight excluding hydrogens is 294 g/mol. The molecule has 7 heteroatoms. The first kappa shape index (κ1) is 17.2. The van der Waals surface area contributed by atoms with E-state index in [1.807, 2.05) is 0 Å². The Balaban J connectivity index is 2.35. The summed E-state index contributed by atoms with van der Waals surface area (Å²) in [4.78, 5) is 22.8. The van der Waals surface area contributed by atoms with Gasteiger partial charge in [-0.3, -0.25) is 9.59 Å². The van der Waals surface area contributed by atoms with Crippen LogP contribution in [0.25, 0.3) is 0 Å². The Bertz CT molecular complexity index is 568. The molecule has 0 bridgehead atoms. The Morgan fingerprint density at radius 2 is 1.81 bits per heavy atom. The van der Waals surface area contributed by atoms with E-state index < -0.39 is 21.7 Å². The summed E-state index contributed by atoms with van der Waals surface area (Å²) >= 11 is 0. The van der Waals surface area contributed by atoms with Crippen LogP contribution >= 0.6 is 0 Å². The smallest absolute Gasteiger partial charge is 0.307 e. The number of rotatable bonds is 8. The van der Waals surface area contributed by atoms with Gasteiger partial charge in [0, 0.05) is 13.0 Å². The van der Waals surface area contributed by atoms with Crippen LogP contribution < -0.4 is 5.32 Å². The van der Waals surface area contributed by atoms with Crippen molar-refractivity contribution in [3.05, 3.63) is 30.3 Å². The Kier molecular flexibility index (Phi) is 6.87. The SMILES string of the molecule is CCOC(=O)CCNC(=O)CCS(=O)(=O)c1ccccc1. The second-order valence-electron chi connectivity index (χ2n) is 4.29. The largest absolute Gasteiger partial charge is 0.466 e. The number of hydrogen-bond donors (Lipinski definition) is 1. The van der Waals surface area contributed by atoms with Crippen molar-refractivity contribution in [1.82, 2.24) is 5.32 Å². The lowest BCUT2D eigenvalue weighted by atomic mass is 10.4. The summed E-state index contributed by atoms with van der Waals surface area (Å²) < 4.78 is 28.6. The maximum Gasteiger partial charge on any atom is 0.307 e. The Labute approximate surface area is 124 Å². The molecule has 1 amide bonds. The average Bonchev–Trinajstić information content (AvgIpc) is 2.46. The molecular formula is C14H19NO5S.